The molecule has 7 nitrogen and oxygen atoms in total. The van der Waals surface area contributed by atoms with E-state index in [0.29, 0.717) is 27.8 Å². The van der Waals surface area contributed by atoms with Gasteiger partial charge in [0.25, 0.3) is 0 Å². The summed E-state index contributed by atoms with van der Waals surface area (Å²) in [7, 11) is 0. The lowest BCUT2D eigenvalue weighted by Gasteiger charge is -2.20. The Bertz CT molecular complexity index is 1650. The summed E-state index contributed by atoms with van der Waals surface area (Å²) in [4.78, 5) is 4.31. The molecule has 5 aromatic rings. The number of hydrogen-bond acceptors (Lipinski definition) is 6. The van der Waals surface area contributed by atoms with Crippen LogP contribution in [0, 0.1) is 23.0 Å². The van der Waals surface area contributed by atoms with E-state index in [1.165, 1.54) is 30.5 Å². The Balaban J connectivity index is 1.63. The normalized spacial score (nSPS) is 11.8. The SMILES string of the molecule is N#Cc1cnc2c(Cl)cc(NC(c3ccc(F)cc3)c3cn[nH]n3)cc2c1Nc1ccc(Cl)c(Cl)c1F. The molecule has 0 aliphatic heterocycles. The van der Waals surface area contributed by atoms with Crippen molar-refractivity contribution in [1.82, 2.24) is 20.4 Å². The highest BCUT2D eigenvalue weighted by atomic mass is 35.5. The van der Waals surface area contributed by atoms with Gasteiger partial charge in [0, 0.05) is 17.3 Å². The second kappa shape index (κ2) is 10.2. The van der Waals surface area contributed by atoms with Crippen LogP contribution in [0.15, 0.2) is 60.9 Å². The van der Waals surface area contributed by atoms with Crippen molar-refractivity contribution in [2.24, 2.45) is 0 Å². The summed E-state index contributed by atoms with van der Waals surface area (Å²) in [6.07, 6.45) is 2.88. The van der Waals surface area contributed by atoms with Gasteiger partial charge in [0.05, 0.1) is 49.8 Å². The number of halogens is 5. The number of benzene rings is 3. The highest BCUT2D eigenvalue weighted by Gasteiger charge is 2.20. The molecule has 1 unspecified atom stereocenters. The number of H-pyrrole nitrogens is 1. The molecule has 0 amide bonds. The molecule has 5 rings (SSSR count). The van der Waals surface area contributed by atoms with Gasteiger partial charge in [-0.1, -0.05) is 46.9 Å². The quantitative estimate of drug-likeness (QED) is 0.188. The molecule has 3 N–H and O–H groups in total. The van der Waals surface area contributed by atoms with Gasteiger partial charge in [-0.05, 0) is 42.0 Å². The average molecular weight is 557 g/mol. The number of nitriles is 1. The van der Waals surface area contributed by atoms with Gasteiger partial charge in [0.15, 0.2) is 5.82 Å². The molecule has 3 aromatic carbocycles. The summed E-state index contributed by atoms with van der Waals surface area (Å²) in [6.45, 7) is 0. The maximum Gasteiger partial charge on any atom is 0.166 e. The van der Waals surface area contributed by atoms with E-state index in [4.69, 9.17) is 34.8 Å². The van der Waals surface area contributed by atoms with Crippen LogP contribution in [-0.4, -0.2) is 20.4 Å². The van der Waals surface area contributed by atoms with Crippen molar-refractivity contribution in [2.75, 3.05) is 10.6 Å². The van der Waals surface area contributed by atoms with E-state index in [1.54, 1.807) is 30.5 Å². The first kappa shape index (κ1) is 24.7. The van der Waals surface area contributed by atoms with Gasteiger partial charge in [0.2, 0.25) is 0 Å². The number of nitrogens with zero attached hydrogens (tertiary/aromatic N) is 4. The largest absolute Gasteiger partial charge is 0.373 e. The summed E-state index contributed by atoms with van der Waals surface area (Å²) in [5.41, 5.74) is 2.61. The first-order valence-corrected chi connectivity index (χ1v) is 11.8. The minimum absolute atomic E-state index is 0.0136. The van der Waals surface area contributed by atoms with Crippen molar-refractivity contribution in [3.05, 3.63) is 104 Å². The average Bonchev–Trinajstić information content (AvgIpc) is 3.43. The Morgan fingerprint density at radius 2 is 1.76 bits per heavy atom. The summed E-state index contributed by atoms with van der Waals surface area (Å²) in [5, 5.41) is 27.1. The predicted octanol–water partition coefficient (Wildman–Crippen LogP) is 7.41. The fourth-order valence-electron chi connectivity index (χ4n) is 3.82. The molecule has 37 heavy (non-hydrogen) atoms. The second-order valence-electron chi connectivity index (χ2n) is 7.88. The molecule has 0 bridgehead atoms. The van der Waals surface area contributed by atoms with Gasteiger partial charge in [-0.25, -0.2) is 8.78 Å². The van der Waals surface area contributed by atoms with E-state index < -0.39 is 11.9 Å². The van der Waals surface area contributed by atoms with E-state index >= 15 is 0 Å². The molecule has 0 aliphatic carbocycles. The Morgan fingerprint density at radius 3 is 2.46 bits per heavy atom. The van der Waals surface area contributed by atoms with E-state index in [1.807, 2.05) is 0 Å². The van der Waals surface area contributed by atoms with Gasteiger partial charge in [-0.15, -0.1) is 0 Å². The molecule has 0 radical (unpaired) electrons. The number of aromatic nitrogens is 4. The maximum absolute atomic E-state index is 14.8. The molecule has 0 saturated carbocycles. The van der Waals surface area contributed by atoms with E-state index in [2.05, 4.69) is 37.1 Å². The zero-order valence-electron chi connectivity index (χ0n) is 18.5. The highest BCUT2D eigenvalue weighted by molar-refractivity contribution is 6.42. The van der Waals surface area contributed by atoms with Gasteiger partial charge in [0.1, 0.15) is 17.6 Å². The first-order chi connectivity index (χ1) is 17.9. The fourth-order valence-corrected chi connectivity index (χ4v) is 4.40. The summed E-state index contributed by atoms with van der Waals surface area (Å²) in [5.74, 6) is -1.15. The maximum atomic E-state index is 14.8. The van der Waals surface area contributed by atoms with Crippen LogP contribution < -0.4 is 10.6 Å². The van der Waals surface area contributed by atoms with Crippen LogP contribution in [0.2, 0.25) is 15.1 Å². The molecular formula is C25H14Cl3F2N7. The summed E-state index contributed by atoms with van der Waals surface area (Å²) in [6, 6.07) is 13.7. The lowest BCUT2D eigenvalue weighted by atomic mass is 10.0. The monoisotopic (exact) mass is 555 g/mol. The Morgan fingerprint density at radius 1 is 0.973 bits per heavy atom. The second-order valence-corrected chi connectivity index (χ2v) is 9.08. The summed E-state index contributed by atoms with van der Waals surface area (Å²) >= 11 is 18.5. The van der Waals surface area contributed by atoms with E-state index in [-0.39, 0.29) is 37.8 Å². The van der Waals surface area contributed by atoms with Gasteiger partial charge in [-0.2, -0.15) is 20.7 Å². The molecule has 1 atom stereocenters. The van der Waals surface area contributed by atoms with Crippen LogP contribution in [0.25, 0.3) is 10.9 Å². The number of fused-ring (bicyclic) bond motifs is 1. The van der Waals surface area contributed by atoms with Crippen molar-refractivity contribution in [3.63, 3.8) is 0 Å². The minimum Gasteiger partial charge on any atom is -0.373 e. The third-order valence-electron chi connectivity index (χ3n) is 5.58. The Labute approximate surface area is 224 Å². The highest BCUT2D eigenvalue weighted by Crippen LogP contribution is 2.38. The standard InChI is InChI=1S/C25H14Cl3F2N7/c26-17-5-6-19(22(30)21(17)28)35-23-13(9-31)10-32-25-16(23)7-15(8-18(25)27)34-24(20-11-33-37-36-20)12-1-3-14(29)4-2-12/h1-8,10-11,24,34H,(H,32,35)(H,33,36,37). The zero-order valence-corrected chi connectivity index (χ0v) is 20.8. The van der Waals surface area contributed by atoms with Crippen LogP contribution >= 0.6 is 34.8 Å². The van der Waals surface area contributed by atoms with Crippen molar-refractivity contribution in [2.45, 2.75) is 6.04 Å². The lowest BCUT2D eigenvalue weighted by molar-refractivity contribution is 0.626. The van der Waals surface area contributed by atoms with E-state index in [9.17, 15) is 14.0 Å². The number of anilines is 3. The molecular weight excluding hydrogens is 543 g/mol. The molecule has 2 aromatic heterocycles. The van der Waals surface area contributed by atoms with E-state index in [0.717, 1.165) is 0 Å². The molecule has 0 aliphatic rings. The van der Waals surface area contributed by atoms with Crippen molar-refractivity contribution >= 4 is 62.8 Å². The van der Waals surface area contributed by atoms with Gasteiger partial charge in [-0.3, -0.25) is 4.98 Å². The van der Waals surface area contributed by atoms with Crippen LogP contribution in [0.1, 0.15) is 22.9 Å². The van der Waals surface area contributed by atoms with Crippen molar-refractivity contribution < 1.29 is 8.78 Å². The Kier molecular flexibility index (Phi) is 6.80. The summed E-state index contributed by atoms with van der Waals surface area (Å²) < 4.78 is 28.4. The minimum atomic E-state index is -0.772. The van der Waals surface area contributed by atoms with Gasteiger partial charge < -0.3 is 10.6 Å². The molecule has 184 valence electrons. The molecule has 12 heteroatoms. The van der Waals surface area contributed by atoms with Crippen LogP contribution in [0.4, 0.5) is 25.8 Å². The number of aromatic amines is 1. The number of pyridine rings is 1. The number of nitrogens with one attached hydrogen (secondary N) is 3. The molecule has 2 heterocycles. The zero-order chi connectivity index (χ0) is 26.1. The predicted molar refractivity (Wildman–Crippen MR) is 139 cm³/mol. The fraction of sp³-hybridized carbons (Fsp3) is 0.0400. The third-order valence-corrected chi connectivity index (χ3v) is 6.65. The smallest absolute Gasteiger partial charge is 0.166 e. The number of rotatable bonds is 6. The van der Waals surface area contributed by atoms with Crippen LogP contribution in [-0.2, 0) is 0 Å². The topological polar surface area (TPSA) is 102 Å². The molecule has 0 spiro atoms. The lowest BCUT2D eigenvalue weighted by Crippen LogP contribution is -2.13. The Hall–Kier alpha value is -3.97. The first-order valence-electron chi connectivity index (χ1n) is 10.7. The third kappa shape index (κ3) is 4.87. The van der Waals surface area contributed by atoms with Crippen molar-refractivity contribution in [1.29, 1.82) is 5.26 Å². The van der Waals surface area contributed by atoms with Gasteiger partial charge >= 0.3 is 0 Å². The molecule has 0 saturated heterocycles. The number of hydrogen-bond donors (Lipinski definition) is 3. The van der Waals surface area contributed by atoms with Crippen LogP contribution in [0.3, 0.4) is 0 Å². The van der Waals surface area contributed by atoms with Crippen molar-refractivity contribution in [3.8, 4) is 6.07 Å². The molecule has 0 fully saturated rings. The van der Waals surface area contributed by atoms with Crippen LogP contribution in [0.5, 0.6) is 0 Å².